The van der Waals surface area contributed by atoms with Gasteiger partial charge in [-0.15, -0.1) is 0 Å². The van der Waals surface area contributed by atoms with E-state index in [1.54, 1.807) is 25.1 Å². The summed E-state index contributed by atoms with van der Waals surface area (Å²) in [5.74, 6) is -0.572. The smallest absolute Gasteiger partial charge is 0.159 e. The topological polar surface area (TPSA) is 17.1 Å². The van der Waals surface area contributed by atoms with E-state index in [1.165, 1.54) is 12.1 Å². The van der Waals surface area contributed by atoms with Gasteiger partial charge < -0.3 is 0 Å². The fourth-order valence-electron chi connectivity index (χ4n) is 1.12. The highest BCUT2D eigenvalue weighted by atomic mass is 35.5. The van der Waals surface area contributed by atoms with Crippen LogP contribution in [0, 0.1) is 5.82 Å². The maximum absolute atomic E-state index is 13.0. The molecule has 0 amide bonds. The zero-order valence-electron chi connectivity index (χ0n) is 7.76. The molecule has 0 atom stereocenters. The van der Waals surface area contributed by atoms with Crippen LogP contribution < -0.4 is 0 Å². The van der Waals surface area contributed by atoms with Crippen molar-refractivity contribution in [2.24, 2.45) is 0 Å². The van der Waals surface area contributed by atoms with Crippen molar-refractivity contribution in [3.8, 4) is 0 Å². The van der Waals surface area contributed by atoms with Crippen molar-refractivity contribution >= 4 is 17.4 Å². The number of hydrogen-bond acceptors (Lipinski definition) is 1. The molecule has 0 heterocycles. The number of benzene rings is 1. The fraction of sp³-hybridized carbons (Fsp3) is 0.182. The zero-order valence-corrected chi connectivity index (χ0v) is 8.51. The minimum Gasteiger partial charge on any atom is -0.294 e. The van der Waals surface area contributed by atoms with Crippen LogP contribution in [0.1, 0.15) is 12.5 Å². The van der Waals surface area contributed by atoms with E-state index >= 15 is 0 Å². The molecule has 0 N–H and O–H groups in total. The van der Waals surface area contributed by atoms with Gasteiger partial charge >= 0.3 is 0 Å². The van der Waals surface area contributed by atoms with Crippen molar-refractivity contribution < 1.29 is 9.18 Å². The fourth-order valence-corrected chi connectivity index (χ4v) is 1.31. The van der Waals surface area contributed by atoms with Crippen LogP contribution in [0.2, 0.25) is 5.02 Å². The van der Waals surface area contributed by atoms with Crippen molar-refractivity contribution in [3.05, 3.63) is 46.8 Å². The summed E-state index contributed by atoms with van der Waals surface area (Å²) in [5, 5.41) is 0.0327. The van der Waals surface area contributed by atoms with Crippen molar-refractivity contribution in [1.29, 1.82) is 0 Å². The first-order valence-corrected chi connectivity index (χ1v) is 4.61. The third-order valence-electron chi connectivity index (χ3n) is 1.75. The largest absolute Gasteiger partial charge is 0.294 e. The average molecular weight is 213 g/mol. The summed E-state index contributed by atoms with van der Waals surface area (Å²) in [6.45, 7) is 1.76. The lowest BCUT2D eigenvalue weighted by atomic mass is 10.1. The van der Waals surface area contributed by atoms with Gasteiger partial charge in [-0.1, -0.05) is 29.8 Å². The first kappa shape index (κ1) is 10.9. The van der Waals surface area contributed by atoms with Gasteiger partial charge in [-0.2, -0.15) is 0 Å². The summed E-state index contributed by atoms with van der Waals surface area (Å²) < 4.78 is 13.0. The number of hydrogen-bond donors (Lipinski definition) is 0. The molecule has 1 nitrogen and oxygen atoms in total. The second-order valence-corrected chi connectivity index (χ2v) is 3.23. The third kappa shape index (κ3) is 2.67. The Morgan fingerprint density at radius 2 is 2.29 bits per heavy atom. The van der Waals surface area contributed by atoms with Crippen molar-refractivity contribution in [2.45, 2.75) is 13.3 Å². The summed E-state index contributed by atoms with van der Waals surface area (Å²) in [6.07, 6.45) is 3.23. The molecule has 14 heavy (non-hydrogen) atoms. The average Bonchev–Trinajstić information content (AvgIpc) is 2.13. The molecular formula is C11H10ClFO. The molecule has 1 rings (SSSR count). The zero-order chi connectivity index (χ0) is 10.6. The maximum atomic E-state index is 13.0. The Morgan fingerprint density at radius 3 is 2.93 bits per heavy atom. The van der Waals surface area contributed by atoms with E-state index < -0.39 is 5.82 Å². The minimum absolute atomic E-state index is 0.0327. The predicted octanol–water partition coefficient (Wildman–Crippen LogP) is 3.17. The van der Waals surface area contributed by atoms with Crippen molar-refractivity contribution in [1.82, 2.24) is 0 Å². The van der Waals surface area contributed by atoms with Crippen LogP contribution in [0.5, 0.6) is 0 Å². The minimum atomic E-state index is -0.488. The number of ketones is 1. The lowest BCUT2D eigenvalue weighted by molar-refractivity contribution is -0.114. The van der Waals surface area contributed by atoms with Crippen LogP contribution in [0.4, 0.5) is 4.39 Å². The molecule has 0 spiro atoms. The molecule has 0 fully saturated rings. The van der Waals surface area contributed by atoms with Crippen LogP contribution in [0.15, 0.2) is 30.4 Å². The van der Waals surface area contributed by atoms with Crippen LogP contribution in [0.25, 0.3) is 0 Å². The van der Waals surface area contributed by atoms with E-state index in [1.807, 2.05) is 0 Å². The number of allylic oxidation sites excluding steroid dienone is 2. The molecular weight excluding hydrogens is 203 g/mol. The van der Waals surface area contributed by atoms with Gasteiger partial charge in [0.1, 0.15) is 5.82 Å². The molecule has 0 unspecified atom stereocenters. The summed E-state index contributed by atoms with van der Waals surface area (Å²) in [5.41, 5.74) is 0.523. The van der Waals surface area contributed by atoms with E-state index in [9.17, 15) is 9.18 Å². The molecule has 0 saturated carbocycles. The highest BCUT2D eigenvalue weighted by molar-refractivity contribution is 6.31. The number of rotatable bonds is 3. The van der Waals surface area contributed by atoms with E-state index in [-0.39, 0.29) is 17.2 Å². The van der Waals surface area contributed by atoms with Gasteiger partial charge in [0.25, 0.3) is 0 Å². The quantitative estimate of drug-likeness (QED) is 0.704. The highest BCUT2D eigenvalue weighted by Crippen LogP contribution is 2.20. The van der Waals surface area contributed by atoms with Gasteiger partial charge in [0.2, 0.25) is 0 Å². The summed E-state index contributed by atoms with van der Waals surface area (Å²) in [6, 6.07) is 4.46. The number of halogens is 2. The monoisotopic (exact) mass is 212 g/mol. The van der Waals surface area contributed by atoms with E-state index in [4.69, 9.17) is 11.6 Å². The molecule has 1 aromatic rings. The van der Waals surface area contributed by atoms with Gasteiger partial charge in [0, 0.05) is 6.42 Å². The molecule has 0 aliphatic heterocycles. The Morgan fingerprint density at radius 1 is 1.57 bits per heavy atom. The summed E-state index contributed by atoms with van der Waals surface area (Å²) in [7, 11) is 0. The highest BCUT2D eigenvalue weighted by Gasteiger charge is 2.07. The molecule has 0 radical (unpaired) electrons. The van der Waals surface area contributed by atoms with Crippen molar-refractivity contribution in [3.63, 3.8) is 0 Å². The van der Waals surface area contributed by atoms with Gasteiger partial charge in [0.15, 0.2) is 5.78 Å². The van der Waals surface area contributed by atoms with Gasteiger partial charge in [-0.05, 0) is 24.6 Å². The molecule has 1 aromatic carbocycles. The molecule has 0 aromatic heterocycles. The molecule has 74 valence electrons. The summed E-state index contributed by atoms with van der Waals surface area (Å²) in [4.78, 5) is 11.2. The molecule has 0 bridgehead atoms. The predicted molar refractivity (Wildman–Crippen MR) is 54.9 cm³/mol. The SMILES string of the molecule is C/C=C/C(=O)Cc1cccc(F)c1Cl. The standard InChI is InChI=1S/C11H10ClFO/c1-2-4-9(14)7-8-5-3-6-10(13)11(8)12/h2-6H,7H2,1H3/b4-2+. The van der Waals surface area contributed by atoms with E-state index in [0.717, 1.165) is 0 Å². The molecule has 0 saturated heterocycles. The van der Waals surface area contributed by atoms with Crippen LogP contribution in [-0.4, -0.2) is 5.78 Å². The van der Waals surface area contributed by atoms with Crippen LogP contribution >= 0.6 is 11.6 Å². The van der Waals surface area contributed by atoms with Crippen molar-refractivity contribution in [2.75, 3.05) is 0 Å². The second kappa shape index (κ2) is 4.91. The normalized spacial score (nSPS) is 10.8. The molecule has 3 heteroatoms. The number of carbonyl (C=O) groups excluding carboxylic acids is 1. The molecule has 0 aliphatic carbocycles. The van der Waals surface area contributed by atoms with E-state index in [0.29, 0.717) is 5.56 Å². The Bertz CT molecular complexity index is 372. The Hall–Kier alpha value is -1.15. The number of carbonyl (C=O) groups is 1. The summed E-state index contributed by atoms with van der Waals surface area (Å²) >= 11 is 5.69. The lowest BCUT2D eigenvalue weighted by Gasteiger charge is -2.01. The van der Waals surface area contributed by atoms with Gasteiger partial charge in [-0.25, -0.2) is 4.39 Å². The van der Waals surface area contributed by atoms with Gasteiger partial charge in [0.05, 0.1) is 5.02 Å². The van der Waals surface area contributed by atoms with Gasteiger partial charge in [-0.3, -0.25) is 4.79 Å². The Labute approximate surface area is 87.2 Å². The second-order valence-electron chi connectivity index (χ2n) is 2.86. The Kier molecular flexibility index (Phi) is 3.84. The van der Waals surface area contributed by atoms with Crippen LogP contribution in [0.3, 0.4) is 0 Å². The third-order valence-corrected chi connectivity index (χ3v) is 2.17. The van der Waals surface area contributed by atoms with Crippen LogP contribution in [-0.2, 0) is 11.2 Å². The van der Waals surface area contributed by atoms with E-state index in [2.05, 4.69) is 0 Å². The maximum Gasteiger partial charge on any atom is 0.159 e. The first-order valence-electron chi connectivity index (χ1n) is 4.23. The Balaban J connectivity index is 2.87. The lowest BCUT2D eigenvalue weighted by Crippen LogP contribution is -1.99. The molecule has 0 aliphatic rings. The first-order chi connectivity index (χ1) is 6.65.